The number of hydrogen-bond acceptors (Lipinski definition) is 3. The number of nitrogen functional groups attached to an aromatic ring is 1. The molecule has 0 spiro atoms. The van der Waals surface area contributed by atoms with Gasteiger partial charge in [-0.15, -0.1) is 0 Å². The van der Waals surface area contributed by atoms with Gasteiger partial charge in [0.05, 0.1) is 0 Å². The molecule has 0 radical (unpaired) electrons. The predicted octanol–water partition coefficient (Wildman–Crippen LogP) is 4.61. The van der Waals surface area contributed by atoms with Crippen molar-refractivity contribution >= 4 is 11.4 Å². The van der Waals surface area contributed by atoms with E-state index in [2.05, 4.69) is 26.1 Å². The molecule has 3 nitrogen and oxygen atoms in total. The van der Waals surface area contributed by atoms with E-state index in [1.54, 1.807) is 0 Å². The molecule has 21 heavy (non-hydrogen) atoms. The summed E-state index contributed by atoms with van der Waals surface area (Å²) in [6.45, 7) is 9.28. The zero-order chi connectivity index (χ0) is 15.5. The summed E-state index contributed by atoms with van der Waals surface area (Å²) in [5.74, 6) is 0.734. The summed E-state index contributed by atoms with van der Waals surface area (Å²) in [7, 11) is 0. The second-order valence-corrected chi connectivity index (χ2v) is 5.85. The van der Waals surface area contributed by atoms with Crippen LogP contribution in [0.3, 0.4) is 0 Å². The Bertz CT molecular complexity index is 393. The summed E-state index contributed by atoms with van der Waals surface area (Å²) in [5, 5.41) is 3.44. The third-order valence-electron chi connectivity index (χ3n) is 3.93. The average Bonchev–Trinajstić information content (AvgIpc) is 2.47. The number of nitrogens with two attached hydrogens (primary N) is 1. The molecule has 0 saturated heterocycles. The molecule has 0 aromatic heterocycles. The normalized spacial score (nSPS) is 12.3. The van der Waals surface area contributed by atoms with Crippen LogP contribution in [0.25, 0.3) is 0 Å². The van der Waals surface area contributed by atoms with E-state index in [0.717, 1.165) is 37.8 Å². The van der Waals surface area contributed by atoms with Crippen LogP contribution in [-0.4, -0.2) is 19.8 Å². The topological polar surface area (TPSA) is 47.3 Å². The first kappa shape index (κ1) is 17.8. The van der Waals surface area contributed by atoms with Crippen molar-refractivity contribution in [2.24, 2.45) is 5.92 Å². The number of benzene rings is 1. The number of ether oxygens (including phenoxy) is 1. The third kappa shape index (κ3) is 7.37. The Morgan fingerprint density at radius 1 is 1.24 bits per heavy atom. The van der Waals surface area contributed by atoms with Gasteiger partial charge < -0.3 is 15.8 Å². The summed E-state index contributed by atoms with van der Waals surface area (Å²) >= 11 is 0. The first-order valence-electron chi connectivity index (χ1n) is 8.35. The molecular formula is C18H32N2O. The van der Waals surface area contributed by atoms with E-state index in [-0.39, 0.29) is 0 Å². The highest BCUT2D eigenvalue weighted by molar-refractivity contribution is 5.57. The highest BCUT2D eigenvalue weighted by Gasteiger charge is 2.05. The number of anilines is 2. The molecule has 0 aliphatic rings. The van der Waals surface area contributed by atoms with Crippen molar-refractivity contribution in [1.29, 1.82) is 0 Å². The van der Waals surface area contributed by atoms with Crippen molar-refractivity contribution in [1.82, 2.24) is 0 Å². The highest BCUT2D eigenvalue weighted by Crippen LogP contribution is 2.17. The van der Waals surface area contributed by atoms with Crippen LogP contribution in [0.1, 0.15) is 51.5 Å². The van der Waals surface area contributed by atoms with Crippen LogP contribution in [0.15, 0.2) is 18.2 Å². The van der Waals surface area contributed by atoms with E-state index in [9.17, 15) is 0 Å². The molecule has 1 atom stereocenters. The van der Waals surface area contributed by atoms with Crippen LogP contribution in [0.2, 0.25) is 0 Å². The van der Waals surface area contributed by atoms with Crippen LogP contribution in [-0.2, 0) is 4.74 Å². The summed E-state index contributed by atoms with van der Waals surface area (Å²) in [5.41, 5.74) is 8.93. The minimum absolute atomic E-state index is 0.734. The van der Waals surface area contributed by atoms with Crippen LogP contribution in [0.5, 0.6) is 0 Å². The van der Waals surface area contributed by atoms with Crippen LogP contribution < -0.4 is 11.1 Å². The third-order valence-corrected chi connectivity index (χ3v) is 3.93. The standard InChI is InChI=1S/C18H32N2O/c1-4-6-8-16(5-2)14-21-12-7-11-20-18-10-9-17(19)13-15(18)3/h9-10,13,16,20H,4-8,11-12,14,19H2,1-3H3. The molecule has 0 heterocycles. The Balaban J connectivity index is 2.11. The van der Waals surface area contributed by atoms with Crippen LogP contribution in [0.4, 0.5) is 11.4 Å². The number of rotatable bonds is 11. The highest BCUT2D eigenvalue weighted by atomic mass is 16.5. The zero-order valence-corrected chi connectivity index (χ0v) is 14.0. The summed E-state index contributed by atoms with van der Waals surface area (Å²) < 4.78 is 5.81. The predicted molar refractivity (Wildman–Crippen MR) is 92.8 cm³/mol. The molecule has 0 fully saturated rings. The van der Waals surface area contributed by atoms with Gasteiger partial charge in [-0.05, 0) is 49.4 Å². The maximum Gasteiger partial charge on any atom is 0.0494 e. The molecule has 3 heteroatoms. The maximum atomic E-state index is 5.81. The molecule has 0 saturated carbocycles. The van der Waals surface area contributed by atoms with Crippen molar-refractivity contribution in [2.45, 2.75) is 52.9 Å². The molecule has 0 bridgehead atoms. The molecule has 3 N–H and O–H groups in total. The lowest BCUT2D eigenvalue weighted by Gasteiger charge is -2.15. The Morgan fingerprint density at radius 3 is 2.71 bits per heavy atom. The smallest absolute Gasteiger partial charge is 0.0494 e. The van der Waals surface area contributed by atoms with E-state index >= 15 is 0 Å². The zero-order valence-electron chi connectivity index (χ0n) is 14.0. The molecule has 1 aromatic rings. The largest absolute Gasteiger partial charge is 0.399 e. The molecule has 120 valence electrons. The fourth-order valence-electron chi connectivity index (χ4n) is 2.43. The van der Waals surface area contributed by atoms with Gasteiger partial charge in [0.1, 0.15) is 0 Å². The quantitative estimate of drug-likeness (QED) is 0.462. The van der Waals surface area contributed by atoms with Gasteiger partial charge in [0, 0.05) is 31.1 Å². The molecular weight excluding hydrogens is 260 g/mol. The van der Waals surface area contributed by atoms with Crippen molar-refractivity contribution in [3.05, 3.63) is 23.8 Å². The Morgan fingerprint density at radius 2 is 2.05 bits per heavy atom. The van der Waals surface area contributed by atoms with Crippen molar-refractivity contribution in [2.75, 3.05) is 30.8 Å². The van der Waals surface area contributed by atoms with Crippen molar-refractivity contribution in [3.8, 4) is 0 Å². The first-order chi connectivity index (χ1) is 10.2. The summed E-state index contributed by atoms with van der Waals surface area (Å²) in [6.07, 6.45) is 6.16. The second kappa shape index (κ2) is 10.5. The Hall–Kier alpha value is -1.22. The average molecular weight is 292 g/mol. The van der Waals surface area contributed by atoms with Gasteiger partial charge in [-0.2, -0.15) is 0 Å². The molecule has 0 amide bonds. The lowest BCUT2D eigenvalue weighted by molar-refractivity contribution is 0.0937. The van der Waals surface area contributed by atoms with E-state index in [1.807, 2.05) is 18.2 Å². The van der Waals surface area contributed by atoms with Gasteiger partial charge in [-0.25, -0.2) is 0 Å². The van der Waals surface area contributed by atoms with E-state index < -0.39 is 0 Å². The molecule has 0 aliphatic heterocycles. The van der Waals surface area contributed by atoms with E-state index in [1.165, 1.54) is 36.9 Å². The van der Waals surface area contributed by atoms with Gasteiger partial charge >= 0.3 is 0 Å². The van der Waals surface area contributed by atoms with Gasteiger partial charge in [0.25, 0.3) is 0 Å². The first-order valence-corrected chi connectivity index (χ1v) is 8.35. The summed E-state index contributed by atoms with van der Waals surface area (Å²) in [6, 6.07) is 5.98. The minimum Gasteiger partial charge on any atom is -0.399 e. The number of nitrogens with one attached hydrogen (secondary N) is 1. The van der Waals surface area contributed by atoms with Gasteiger partial charge in [0.15, 0.2) is 0 Å². The fourth-order valence-corrected chi connectivity index (χ4v) is 2.43. The number of unbranched alkanes of at least 4 members (excludes halogenated alkanes) is 1. The van der Waals surface area contributed by atoms with Gasteiger partial charge in [0.2, 0.25) is 0 Å². The van der Waals surface area contributed by atoms with E-state index in [4.69, 9.17) is 10.5 Å². The lowest BCUT2D eigenvalue weighted by Crippen LogP contribution is -2.12. The number of hydrogen-bond donors (Lipinski definition) is 2. The fraction of sp³-hybridized carbons (Fsp3) is 0.667. The SMILES string of the molecule is CCCCC(CC)COCCCNc1ccc(N)cc1C. The van der Waals surface area contributed by atoms with Crippen LogP contribution in [0, 0.1) is 12.8 Å². The molecule has 1 unspecified atom stereocenters. The van der Waals surface area contributed by atoms with E-state index in [0.29, 0.717) is 0 Å². The Kier molecular flexibility index (Phi) is 8.91. The molecule has 0 aliphatic carbocycles. The number of aryl methyl sites for hydroxylation is 1. The monoisotopic (exact) mass is 292 g/mol. The van der Waals surface area contributed by atoms with Crippen molar-refractivity contribution < 1.29 is 4.74 Å². The van der Waals surface area contributed by atoms with Crippen LogP contribution >= 0.6 is 0 Å². The summed E-state index contributed by atoms with van der Waals surface area (Å²) in [4.78, 5) is 0. The maximum absolute atomic E-state index is 5.81. The second-order valence-electron chi connectivity index (χ2n) is 5.85. The van der Waals surface area contributed by atoms with Crippen molar-refractivity contribution in [3.63, 3.8) is 0 Å². The molecule has 1 rings (SSSR count). The minimum atomic E-state index is 0.734. The van der Waals surface area contributed by atoms with Gasteiger partial charge in [-0.3, -0.25) is 0 Å². The Labute approximate surface area is 130 Å². The lowest BCUT2D eigenvalue weighted by atomic mass is 10.0. The van der Waals surface area contributed by atoms with Gasteiger partial charge in [-0.1, -0.05) is 33.1 Å². The molecule has 1 aromatic carbocycles.